The number of hydrogen-bond donors (Lipinski definition) is 2. The van der Waals surface area contributed by atoms with Crippen molar-refractivity contribution >= 4 is 23.6 Å². The summed E-state index contributed by atoms with van der Waals surface area (Å²) >= 11 is 0. The molecule has 3 N–H and O–H groups in total. The van der Waals surface area contributed by atoms with Gasteiger partial charge in [0.1, 0.15) is 11.9 Å². The van der Waals surface area contributed by atoms with E-state index in [9.17, 15) is 9.59 Å². The van der Waals surface area contributed by atoms with Gasteiger partial charge in [-0.15, -0.1) is 0 Å². The maximum Gasteiger partial charge on any atom is 0.416 e. The van der Waals surface area contributed by atoms with Crippen molar-refractivity contribution in [3.63, 3.8) is 0 Å². The van der Waals surface area contributed by atoms with Crippen LogP contribution in [0.3, 0.4) is 0 Å². The lowest BCUT2D eigenvalue weighted by Crippen LogP contribution is -2.30. The minimum absolute atomic E-state index is 0.0327. The number of carbonyl (C=O) groups excluding carboxylic acids is 2. The Kier molecular flexibility index (Phi) is 2.71. The summed E-state index contributed by atoms with van der Waals surface area (Å²) < 4.78 is 10.2. The van der Waals surface area contributed by atoms with Gasteiger partial charge in [-0.1, -0.05) is 0 Å². The molecule has 0 bridgehead atoms. The third kappa shape index (κ3) is 2.06. The Morgan fingerprint density at radius 3 is 3.05 bits per heavy atom. The molecule has 0 aliphatic carbocycles. The summed E-state index contributed by atoms with van der Waals surface area (Å²) in [6.07, 6.45) is -0.831. The van der Waals surface area contributed by atoms with E-state index < -0.39 is 6.09 Å². The molecular formula is C11H12N4O4. The van der Waals surface area contributed by atoms with Gasteiger partial charge in [0.2, 0.25) is 0 Å². The first kappa shape index (κ1) is 11.7. The summed E-state index contributed by atoms with van der Waals surface area (Å²) in [4.78, 5) is 28.5. The van der Waals surface area contributed by atoms with Crippen molar-refractivity contribution in [1.82, 2.24) is 4.98 Å². The second kappa shape index (κ2) is 4.39. The molecule has 0 saturated carbocycles. The Balaban J connectivity index is 1.88. The molecule has 1 aromatic heterocycles. The second-order valence-corrected chi connectivity index (χ2v) is 4.21. The van der Waals surface area contributed by atoms with Gasteiger partial charge in [-0.05, 0) is 12.1 Å². The molecule has 0 aromatic carbocycles. The van der Waals surface area contributed by atoms with Crippen molar-refractivity contribution in [2.45, 2.75) is 6.10 Å². The lowest BCUT2D eigenvalue weighted by Gasteiger charge is -2.19. The van der Waals surface area contributed by atoms with E-state index in [-0.39, 0.29) is 25.2 Å². The molecule has 19 heavy (non-hydrogen) atoms. The molecule has 8 heteroatoms. The fraction of sp³-hybridized carbons (Fsp3) is 0.364. The predicted octanol–water partition coefficient (Wildman–Crippen LogP) is -0.304. The maximum absolute atomic E-state index is 11.7. The average molecular weight is 264 g/mol. The first-order chi connectivity index (χ1) is 9.17. The number of fused-ring (bicyclic) bond motifs is 1. The maximum atomic E-state index is 11.7. The molecule has 3 rings (SSSR count). The topological polar surface area (TPSA) is 107 Å². The number of nitrogens with zero attached hydrogens (tertiary/aromatic N) is 2. The molecule has 2 aliphatic heterocycles. The zero-order valence-corrected chi connectivity index (χ0v) is 9.96. The third-order valence-corrected chi connectivity index (χ3v) is 2.87. The lowest BCUT2D eigenvalue weighted by molar-refractivity contribution is -0.118. The number of pyridine rings is 1. The van der Waals surface area contributed by atoms with Crippen molar-refractivity contribution in [2.24, 2.45) is 5.73 Å². The Bertz CT molecular complexity index is 547. The normalized spacial score (nSPS) is 21.5. The first-order valence-electron chi connectivity index (χ1n) is 5.79. The summed E-state index contributed by atoms with van der Waals surface area (Å²) in [5, 5.41) is 2.59. The molecule has 0 spiro atoms. The highest BCUT2D eigenvalue weighted by atomic mass is 16.6. The number of amides is 2. The number of nitrogens with two attached hydrogens (primary N) is 1. The summed E-state index contributed by atoms with van der Waals surface area (Å²) in [6, 6.07) is 3.29. The fourth-order valence-electron chi connectivity index (χ4n) is 1.94. The van der Waals surface area contributed by atoms with Gasteiger partial charge in [0, 0.05) is 6.54 Å². The summed E-state index contributed by atoms with van der Waals surface area (Å²) in [5.74, 6) is 0.899. The predicted molar refractivity (Wildman–Crippen MR) is 65.0 cm³/mol. The van der Waals surface area contributed by atoms with Crippen LogP contribution in [-0.2, 0) is 9.53 Å². The van der Waals surface area contributed by atoms with Crippen molar-refractivity contribution < 1.29 is 19.1 Å². The van der Waals surface area contributed by atoms with Crippen LogP contribution in [0.1, 0.15) is 0 Å². The van der Waals surface area contributed by atoms with Crippen LogP contribution in [0.2, 0.25) is 0 Å². The van der Waals surface area contributed by atoms with E-state index in [2.05, 4.69) is 10.3 Å². The van der Waals surface area contributed by atoms with E-state index in [0.29, 0.717) is 23.9 Å². The van der Waals surface area contributed by atoms with Crippen LogP contribution in [0.25, 0.3) is 0 Å². The highest BCUT2D eigenvalue weighted by molar-refractivity contribution is 5.95. The average Bonchev–Trinajstić information content (AvgIpc) is 2.79. The third-order valence-electron chi connectivity index (χ3n) is 2.87. The van der Waals surface area contributed by atoms with Crippen molar-refractivity contribution in [3.8, 4) is 5.75 Å². The molecule has 3 heterocycles. The van der Waals surface area contributed by atoms with Crippen LogP contribution in [0.4, 0.5) is 16.4 Å². The fourth-order valence-corrected chi connectivity index (χ4v) is 1.94. The zero-order chi connectivity index (χ0) is 13.4. The Morgan fingerprint density at radius 1 is 1.47 bits per heavy atom. The molecule has 1 fully saturated rings. The minimum Gasteiger partial charge on any atom is -0.480 e. The molecule has 0 unspecified atom stereocenters. The standard InChI is InChI=1S/C11H12N4O4/c12-3-6-4-15(11(17)19-6)8-2-1-7-10(13-8)14-9(16)5-18-7/h1-2,6H,3-5,12H2,(H,13,14,16)/t6-/m0/s1. The summed E-state index contributed by atoms with van der Waals surface area (Å²) in [6.45, 7) is 0.567. The molecule has 1 atom stereocenters. The first-order valence-corrected chi connectivity index (χ1v) is 5.79. The molecule has 2 aliphatic rings. The van der Waals surface area contributed by atoms with E-state index in [1.165, 1.54) is 4.90 Å². The smallest absolute Gasteiger partial charge is 0.416 e. The number of ether oxygens (including phenoxy) is 2. The molecular weight excluding hydrogens is 252 g/mol. The minimum atomic E-state index is -0.494. The molecule has 2 amide bonds. The number of cyclic esters (lactones) is 1. The van der Waals surface area contributed by atoms with Crippen molar-refractivity contribution in [3.05, 3.63) is 12.1 Å². The monoisotopic (exact) mass is 264 g/mol. The number of aromatic nitrogens is 1. The molecule has 1 saturated heterocycles. The van der Waals surface area contributed by atoms with Crippen molar-refractivity contribution in [1.29, 1.82) is 0 Å². The summed E-state index contributed by atoms with van der Waals surface area (Å²) in [5.41, 5.74) is 5.46. The van der Waals surface area contributed by atoms with Gasteiger partial charge in [0.05, 0.1) is 6.54 Å². The Labute approximate surface area is 108 Å². The summed E-state index contributed by atoms with van der Waals surface area (Å²) in [7, 11) is 0. The highest BCUT2D eigenvalue weighted by Gasteiger charge is 2.33. The SMILES string of the molecule is NC[C@H]1CN(c2ccc3c(n2)NC(=O)CO3)C(=O)O1. The number of hydrogen-bond acceptors (Lipinski definition) is 6. The van der Waals surface area contributed by atoms with Gasteiger partial charge in [-0.25, -0.2) is 9.78 Å². The lowest BCUT2D eigenvalue weighted by atomic mass is 10.3. The van der Waals surface area contributed by atoms with Crippen LogP contribution in [0.15, 0.2) is 12.1 Å². The Morgan fingerprint density at radius 2 is 2.32 bits per heavy atom. The van der Waals surface area contributed by atoms with Crippen LogP contribution in [-0.4, -0.2) is 42.8 Å². The van der Waals surface area contributed by atoms with Gasteiger partial charge < -0.3 is 20.5 Å². The largest absolute Gasteiger partial charge is 0.480 e. The number of rotatable bonds is 2. The van der Waals surface area contributed by atoms with Crippen LogP contribution < -0.4 is 20.7 Å². The molecule has 1 aromatic rings. The molecule has 100 valence electrons. The van der Waals surface area contributed by atoms with Gasteiger partial charge >= 0.3 is 6.09 Å². The van der Waals surface area contributed by atoms with E-state index in [1.807, 2.05) is 0 Å². The second-order valence-electron chi connectivity index (χ2n) is 4.21. The van der Waals surface area contributed by atoms with Gasteiger partial charge in [0.15, 0.2) is 18.2 Å². The number of carbonyl (C=O) groups is 2. The van der Waals surface area contributed by atoms with E-state index >= 15 is 0 Å². The Hall–Kier alpha value is -2.35. The van der Waals surface area contributed by atoms with Gasteiger partial charge in [-0.2, -0.15) is 0 Å². The number of anilines is 2. The number of nitrogens with one attached hydrogen (secondary N) is 1. The van der Waals surface area contributed by atoms with Crippen molar-refractivity contribution in [2.75, 3.05) is 29.9 Å². The van der Waals surface area contributed by atoms with E-state index in [1.54, 1.807) is 12.1 Å². The van der Waals surface area contributed by atoms with Gasteiger partial charge in [-0.3, -0.25) is 9.69 Å². The zero-order valence-electron chi connectivity index (χ0n) is 9.96. The van der Waals surface area contributed by atoms with Crippen LogP contribution in [0, 0.1) is 0 Å². The van der Waals surface area contributed by atoms with Crippen LogP contribution in [0.5, 0.6) is 5.75 Å². The van der Waals surface area contributed by atoms with Crippen LogP contribution >= 0.6 is 0 Å². The van der Waals surface area contributed by atoms with Gasteiger partial charge in [0.25, 0.3) is 5.91 Å². The van der Waals surface area contributed by atoms with E-state index in [0.717, 1.165) is 0 Å². The quantitative estimate of drug-likeness (QED) is 0.759. The van der Waals surface area contributed by atoms with E-state index in [4.69, 9.17) is 15.2 Å². The molecule has 0 radical (unpaired) electrons. The highest BCUT2D eigenvalue weighted by Crippen LogP contribution is 2.29. The molecule has 8 nitrogen and oxygen atoms in total.